The summed E-state index contributed by atoms with van der Waals surface area (Å²) in [7, 11) is 0. The first-order valence-corrected chi connectivity index (χ1v) is 9.22. The summed E-state index contributed by atoms with van der Waals surface area (Å²) >= 11 is 0. The van der Waals surface area contributed by atoms with E-state index in [0.717, 1.165) is 30.0 Å². The molecule has 4 N–H and O–H groups in total. The molecule has 0 aliphatic heterocycles. The molecule has 1 fully saturated rings. The molecule has 1 aliphatic carbocycles. The Bertz CT molecular complexity index is 694. The molecule has 1 aromatic heterocycles. The number of nitrogens with one attached hydrogen (secondary N) is 2. The lowest BCUT2D eigenvalue weighted by molar-refractivity contribution is -0.120. The second kappa shape index (κ2) is 9.69. The molecular formula is C19H28ClN5O. The van der Waals surface area contributed by atoms with Crippen LogP contribution in [0, 0.1) is 11.8 Å². The minimum Gasteiger partial charge on any atom is -0.326 e. The molecule has 1 unspecified atom stereocenters. The number of carbonyl (C=O) groups is 1. The van der Waals surface area contributed by atoms with Gasteiger partial charge in [-0.1, -0.05) is 32.6 Å². The van der Waals surface area contributed by atoms with Crippen molar-refractivity contribution in [2.75, 3.05) is 5.32 Å². The fourth-order valence-electron chi connectivity index (χ4n) is 3.57. The van der Waals surface area contributed by atoms with Crippen LogP contribution in [-0.4, -0.2) is 21.1 Å². The highest BCUT2D eigenvalue weighted by Gasteiger charge is 2.24. The highest BCUT2D eigenvalue weighted by Crippen LogP contribution is 2.31. The Balaban J connectivity index is 0.00000243. The van der Waals surface area contributed by atoms with Crippen molar-refractivity contribution in [3.63, 3.8) is 0 Å². The third kappa shape index (κ3) is 5.05. The van der Waals surface area contributed by atoms with Crippen molar-refractivity contribution in [3.05, 3.63) is 30.1 Å². The van der Waals surface area contributed by atoms with Crippen LogP contribution < -0.4 is 11.1 Å². The van der Waals surface area contributed by atoms with Gasteiger partial charge in [-0.3, -0.25) is 9.89 Å². The Morgan fingerprint density at radius 1 is 1.31 bits per heavy atom. The number of aromatic amines is 1. The van der Waals surface area contributed by atoms with Gasteiger partial charge in [-0.05, 0) is 43.0 Å². The number of nitrogens with zero attached hydrogens (tertiary/aromatic N) is 2. The Labute approximate surface area is 160 Å². The van der Waals surface area contributed by atoms with Gasteiger partial charge in [-0.15, -0.1) is 12.4 Å². The van der Waals surface area contributed by atoms with Crippen LogP contribution in [-0.2, 0) is 11.3 Å². The van der Waals surface area contributed by atoms with Crippen LogP contribution in [0.15, 0.2) is 24.3 Å². The molecule has 7 heteroatoms. The molecule has 0 spiro atoms. The maximum atomic E-state index is 12.6. The monoisotopic (exact) mass is 377 g/mol. The number of H-pyrrole nitrogens is 1. The Morgan fingerprint density at radius 2 is 2.00 bits per heavy atom. The largest absolute Gasteiger partial charge is 0.326 e. The van der Waals surface area contributed by atoms with E-state index < -0.39 is 0 Å². The standard InChI is InChI=1S/C19H27N5O.ClH/c1-2-14(11-13-5-3-4-6-13)19(25)21-16-9-7-15(8-10-16)18-22-17(12-20)23-24-18;/h7-10,13-14H,2-6,11-12,20H2,1H3,(H,21,25)(H,22,23,24);1H. The van der Waals surface area contributed by atoms with Crippen molar-refractivity contribution in [2.45, 2.75) is 52.0 Å². The fraction of sp³-hybridized carbons (Fsp3) is 0.526. The lowest BCUT2D eigenvalue weighted by atomic mass is 9.91. The molecule has 26 heavy (non-hydrogen) atoms. The Morgan fingerprint density at radius 3 is 2.58 bits per heavy atom. The summed E-state index contributed by atoms with van der Waals surface area (Å²) in [5.41, 5.74) is 7.25. The minimum absolute atomic E-state index is 0. The molecule has 1 aromatic carbocycles. The second-order valence-electron chi connectivity index (χ2n) is 6.87. The van der Waals surface area contributed by atoms with E-state index in [1.807, 2.05) is 24.3 Å². The maximum Gasteiger partial charge on any atom is 0.227 e. The van der Waals surface area contributed by atoms with Crippen LogP contribution in [0.4, 0.5) is 5.69 Å². The first-order valence-electron chi connectivity index (χ1n) is 9.22. The van der Waals surface area contributed by atoms with Crippen LogP contribution in [0.5, 0.6) is 0 Å². The van der Waals surface area contributed by atoms with Crippen molar-refractivity contribution >= 4 is 24.0 Å². The number of anilines is 1. The minimum atomic E-state index is 0. The van der Waals surface area contributed by atoms with Crippen molar-refractivity contribution in [1.82, 2.24) is 15.2 Å². The van der Waals surface area contributed by atoms with E-state index in [1.54, 1.807) is 0 Å². The number of hydrogen-bond acceptors (Lipinski definition) is 4. The first-order chi connectivity index (χ1) is 12.2. The molecule has 1 amide bonds. The zero-order valence-electron chi connectivity index (χ0n) is 15.2. The highest BCUT2D eigenvalue weighted by molar-refractivity contribution is 5.92. The first kappa shape index (κ1) is 20.4. The van der Waals surface area contributed by atoms with E-state index in [0.29, 0.717) is 18.2 Å². The van der Waals surface area contributed by atoms with Gasteiger partial charge >= 0.3 is 0 Å². The molecule has 1 atom stereocenters. The number of benzene rings is 1. The van der Waals surface area contributed by atoms with Gasteiger partial charge in [-0.2, -0.15) is 5.10 Å². The summed E-state index contributed by atoms with van der Waals surface area (Å²) < 4.78 is 0. The lowest BCUT2D eigenvalue weighted by Gasteiger charge is -2.18. The van der Waals surface area contributed by atoms with Gasteiger partial charge in [0.15, 0.2) is 5.82 Å². The number of aromatic nitrogens is 3. The topological polar surface area (TPSA) is 96.7 Å². The summed E-state index contributed by atoms with van der Waals surface area (Å²) in [5.74, 6) is 2.23. The number of rotatable bonds is 7. The van der Waals surface area contributed by atoms with Crippen LogP contribution in [0.1, 0.15) is 51.3 Å². The SMILES string of the molecule is CCC(CC1CCCC1)C(=O)Nc1ccc(-c2n[nH]c(CN)n2)cc1.Cl. The number of hydrogen-bond donors (Lipinski definition) is 3. The molecule has 2 aromatic rings. The summed E-state index contributed by atoms with van der Waals surface area (Å²) in [6.07, 6.45) is 7.09. The van der Waals surface area contributed by atoms with Gasteiger partial charge in [0.1, 0.15) is 5.82 Å². The molecular weight excluding hydrogens is 350 g/mol. The molecule has 1 aliphatic rings. The summed E-state index contributed by atoms with van der Waals surface area (Å²) in [5, 5.41) is 10.00. The van der Waals surface area contributed by atoms with E-state index in [4.69, 9.17) is 5.73 Å². The molecule has 1 saturated carbocycles. The van der Waals surface area contributed by atoms with Crippen molar-refractivity contribution in [3.8, 4) is 11.4 Å². The number of halogens is 1. The molecule has 1 heterocycles. The van der Waals surface area contributed by atoms with Gasteiger partial charge in [0.2, 0.25) is 5.91 Å². The zero-order chi connectivity index (χ0) is 17.6. The van der Waals surface area contributed by atoms with Crippen molar-refractivity contribution in [2.24, 2.45) is 17.6 Å². The van der Waals surface area contributed by atoms with Gasteiger partial charge in [-0.25, -0.2) is 4.98 Å². The lowest BCUT2D eigenvalue weighted by Crippen LogP contribution is -2.24. The van der Waals surface area contributed by atoms with Crippen LogP contribution in [0.25, 0.3) is 11.4 Å². The number of nitrogens with two attached hydrogens (primary N) is 1. The summed E-state index contributed by atoms with van der Waals surface area (Å²) in [6.45, 7) is 2.43. The Kier molecular flexibility index (Phi) is 7.60. The third-order valence-corrected chi connectivity index (χ3v) is 5.09. The smallest absolute Gasteiger partial charge is 0.227 e. The highest BCUT2D eigenvalue weighted by atomic mass is 35.5. The average molecular weight is 378 g/mol. The van der Waals surface area contributed by atoms with Crippen LogP contribution in [0.3, 0.4) is 0 Å². The second-order valence-corrected chi connectivity index (χ2v) is 6.87. The van der Waals surface area contributed by atoms with Gasteiger partial charge < -0.3 is 11.1 Å². The van der Waals surface area contributed by atoms with E-state index in [1.165, 1.54) is 25.7 Å². The van der Waals surface area contributed by atoms with Gasteiger partial charge in [0, 0.05) is 17.2 Å². The van der Waals surface area contributed by atoms with Crippen molar-refractivity contribution in [1.29, 1.82) is 0 Å². The van der Waals surface area contributed by atoms with E-state index in [-0.39, 0.29) is 24.2 Å². The van der Waals surface area contributed by atoms with E-state index >= 15 is 0 Å². The summed E-state index contributed by atoms with van der Waals surface area (Å²) in [6, 6.07) is 7.62. The average Bonchev–Trinajstić information content (AvgIpc) is 3.32. The van der Waals surface area contributed by atoms with Crippen molar-refractivity contribution < 1.29 is 4.79 Å². The van der Waals surface area contributed by atoms with Crippen LogP contribution >= 0.6 is 12.4 Å². The molecule has 0 radical (unpaired) electrons. The molecule has 6 nitrogen and oxygen atoms in total. The van der Waals surface area contributed by atoms with Gasteiger partial charge in [0.05, 0.1) is 6.54 Å². The van der Waals surface area contributed by atoms with Gasteiger partial charge in [0.25, 0.3) is 0 Å². The molecule has 0 saturated heterocycles. The van der Waals surface area contributed by atoms with E-state index in [9.17, 15) is 4.79 Å². The van der Waals surface area contributed by atoms with E-state index in [2.05, 4.69) is 27.4 Å². The maximum absolute atomic E-state index is 12.6. The number of amides is 1. The normalized spacial score (nSPS) is 15.5. The zero-order valence-corrected chi connectivity index (χ0v) is 16.0. The van der Waals surface area contributed by atoms with Crippen LogP contribution in [0.2, 0.25) is 0 Å². The predicted octanol–water partition coefficient (Wildman–Crippen LogP) is 3.90. The molecule has 142 valence electrons. The number of carbonyl (C=O) groups excluding carboxylic acids is 1. The Hall–Kier alpha value is -1.92. The predicted molar refractivity (Wildman–Crippen MR) is 106 cm³/mol. The molecule has 3 rings (SSSR count). The molecule has 0 bridgehead atoms. The quantitative estimate of drug-likeness (QED) is 0.681. The third-order valence-electron chi connectivity index (χ3n) is 5.09. The summed E-state index contributed by atoms with van der Waals surface area (Å²) in [4.78, 5) is 16.9. The fourth-order valence-corrected chi connectivity index (χ4v) is 3.57.